The van der Waals surface area contributed by atoms with Crippen LogP contribution in [0.25, 0.3) is 11.0 Å². The van der Waals surface area contributed by atoms with Gasteiger partial charge in [-0.05, 0) is 57.0 Å². The van der Waals surface area contributed by atoms with Crippen molar-refractivity contribution >= 4 is 34.3 Å². The van der Waals surface area contributed by atoms with Crippen molar-refractivity contribution in [2.45, 2.75) is 39.3 Å². The molecular weight excluding hydrogens is 394 g/mol. The van der Waals surface area contributed by atoms with Gasteiger partial charge in [0.2, 0.25) is 11.5 Å². The lowest BCUT2D eigenvalue weighted by molar-refractivity contribution is 0.0446. The number of aromatic nitrogens is 1. The molecule has 0 aliphatic carbocycles. The SMILES string of the molecule is Cc1cc(C(=O)COC(=O)c2cc3cc(Cl)ccc3o2)c(C)n1C[C@H]1CCCO1. The minimum Gasteiger partial charge on any atom is -0.451 e. The second-order valence-electron chi connectivity index (χ2n) is 7.32. The van der Waals surface area contributed by atoms with Crippen LogP contribution in [-0.4, -0.2) is 35.6 Å². The van der Waals surface area contributed by atoms with Crippen molar-refractivity contribution < 1.29 is 23.5 Å². The normalized spacial score (nSPS) is 16.4. The number of fused-ring (bicyclic) bond motifs is 1. The molecule has 152 valence electrons. The summed E-state index contributed by atoms with van der Waals surface area (Å²) >= 11 is 5.95. The third-order valence-corrected chi connectivity index (χ3v) is 5.53. The smallest absolute Gasteiger partial charge is 0.374 e. The van der Waals surface area contributed by atoms with E-state index in [1.165, 1.54) is 0 Å². The van der Waals surface area contributed by atoms with Gasteiger partial charge >= 0.3 is 5.97 Å². The van der Waals surface area contributed by atoms with Gasteiger partial charge in [-0.1, -0.05) is 11.6 Å². The van der Waals surface area contributed by atoms with Gasteiger partial charge in [-0.2, -0.15) is 0 Å². The highest BCUT2D eigenvalue weighted by molar-refractivity contribution is 6.31. The zero-order chi connectivity index (χ0) is 20.5. The second kappa shape index (κ2) is 8.05. The average Bonchev–Trinajstić information content (AvgIpc) is 3.41. The first-order valence-corrected chi connectivity index (χ1v) is 9.98. The molecule has 1 aliphatic heterocycles. The molecule has 0 bridgehead atoms. The van der Waals surface area contributed by atoms with E-state index in [1.807, 2.05) is 19.9 Å². The van der Waals surface area contributed by atoms with Gasteiger partial charge in [0.15, 0.2) is 6.61 Å². The van der Waals surface area contributed by atoms with Crippen LogP contribution in [0.4, 0.5) is 0 Å². The van der Waals surface area contributed by atoms with E-state index in [-0.39, 0.29) is 24.3 Å². The van der Waals surface area contributed by atoms with Crippen LogP contribution >= 0.6 is 11.6 Å². The first-order chi connectivity index (χ1) is 13.9. The number of benzene rings is 1. The zero-order valence-corrected chi connectivity index (χ0v) is 17.1. The molecule has 0 radical (unpaired) electrons. The summed E-state index contributed by atoms with van der Waals surface area (Å²) in [5, 5.41) is 1.25. The molecule has 0 N–H and O–H groups in total. The maximum Gasteiger partial charge on any atom is 0.374 e. The molecule has 0 saturated carbocycles. The molecule has 1 atom stereocenters. The number of carbonyl (C=O) groups is 2. The first-order valence-electron chi connectivity index (χ1n) is 9.60. The Labute approximate surface area is 173 Å². The lowest BCUT2D eigenvalue weighted by Gasteiger charge is -2.14. The van der Waals surface area contributed by atoms with Crippen LogP contribution in [0.1, 0.15) is 45.1 Å². The van der Waals surface area contributed by atoms with E-state index in [0.717, 1.165) is 37.4 Å². The molecule has 0 unspecified atom stereocenters. The number of carbonyl (C=O) groups excluding carboxylic acids is 2. The summed E-state index contributed by atoms with van der Waals surface area (Å²) in [4.78, 5) is 25.0. The highest BCUT2D eigenvalue weighted by Gasteiger charge is 2.22. The third kappa shape index (κ3) is 4.09. The standard InChI is InChI=1S/C22H22ClNO5/c1-13-8-18(14(2)24(13)11-17-4-3-7-27-17)19(25)12-28-22(26)21-10-15-9-16(23)5-6-20(15)29-21/h5-6,8-10,17H,3-4,7,11-12H2,1-2H3/t17-/m1/s1. The quantitative estimate of drug-likeness (QED) is 0.430. The molecule has 1 aliphatic rings. The molecule has 3 aromatic rings. The predicted octanol–water partition coefficient (Wildman–Crippen LogP) is 4.72. The summed E-state index contributed by atoms with van der Waals surface area (Å²) in [6.45, 7) is 5.04. The fourth-order valence-electron chi connectivity index (χ4n) is 3.75. The number of hydrogen-bond donors (Lipinski definition) is 0. The van der Waals surface area contributed by atoms with Crippen LogP contribution < -0.4 is 0 Å². The van der Waals surface area contributed by atoms with E-state index in [0.29, 0.717) is 21.6 Å². The molecule has 0 spiro atoms. The van der Waals surface area contributed by atoms with Gasteiger partial charge in [-0.15, -0.1) is 0 Å². The van der Waals surface area contributed by atoms with Gasteiger partial charge in [0, 0.05) is 40.5 Å². The van der Waals surface area contributed by atoms with Gasteiger partial charge in [0.05, 0.1) is 6.10 Å². The number of aryl methyl sites for hydroxylation is 1. The maximum absolute atomic E-state index is 12.7. The summed E-state index contributed by atoms with van der Waals surface area (Å²) in [6.07, 6.45) is 2.28. The number of ketones is 1. The summed E-state index contributed by atoms with van der Waals surface area (Å²) in [7, 11) is 0. The molecule has 2 aromatic heterocycles. The van der Waals surface area contributed by atoms with Gasteiger partial charge in [-0.3, -0.25) is 4.79 Å². The minimum absolute atomic E-state index is 0.0407. The molecular formula is C22H22ClNO5. The Morgan fingerprint density at radius 1 is 1.24 bits per heavy atom. The van der Waals surface area contributed by atoms with Gasteiger partial charge in [0.25, 0.3) is 0 Å². The van der Waals surface area contributed by atoms with Gasteiger partial charge in [-0.25, -0.2) is 4.79 Å². The van der Waals surface area contributed by atoms with Crippen LogP contribution in [0.5, 0.6) is 0 Å². The molecule has 6 nitrogen and oxygen atoms in total. The number of halogens is 1. The number of rotatable bonds is 6. The summed E-state index contributed by atoms with van der Waals surface area (Å²) in [5.41, 5.74) is 2.94. The van der Waals surface area contributed by atoms with E-state index >= 15 is 0 Å². The van der Waals surface area contributed by atoms with Crippen molar-refractivity contribution in [3.8, 4) is 0 Å². The third-order valence-electron chi connectivity index (χ3n) is 5.30. The molecule has 4 rings (SSSR count). The van der Waals surface area contributed by atoms with E-state index in [4.69, 9.17) is 25.5 Å². The number of ether oxygens (including phenoxy) is 2. The number of nitrogens with zero attached hydrogens (tertiary/aromatic N) is 1. The molecule has 1 aromatic carbocycles. The van der Waals surface area contributed by atoms with Crippen LogP contribution in [-0.2, 0) is 16.0 Å². The highest BCUT2D eigenvalue weighted by atomic mass is 35.5. The Hall–Kier alpha value is -2.57. The molecule has 3 heterocycles. The fourth-order valence-corrected chi connectivity index (χ4v) is 3.93. The summed E-state index contributed by atoms with van der Waals surface area (Å²) < 4.78 is 18.5. The lowest BCUT2D eigenvalue weighted by Crippen LogP contribution is -2.18. The first kappa shape index (κ1) is 19.7. The van der Waals surface area contributed by atoms with Crippen molar-refractivity contribution in [3.63, 3.8) is 0 Å². The Bertz CT molecular complexity index is 1070. The lowest BCUT2D eigenvalue weighted by atomic mass is 10.1. The molecule has 1 fully saturated rings. The van der Waals surface area contributed by atoms with Gasteiger partial charge < -0.3 is 18.5 Å². The summed E-state index contributed by atoms with van der Waals surface area (Å²) in [6, 6.07) is 8.46. The predicted molar refractivity (Wildman–Crippen MR) is 109 cm³/mol. The average molecular weight is 416 g/mol. The van der Waals surface area contributed by atoms with Crippen LogP contribution in [0.15, 0.2) is 34.7 Å². The van der Waals surface area contributed by atoms with Crippen molar-refractivity contribution in [2.75, 3.05) is 13.2 Å². The van der Waals surface area contributed by atoms with Crippen LogP contribution in [0, 0.1) is 13.8 Å². The molecule has 7 heteroatoms. The van der Waals surface area contributed by atoms with Crippen LogP contribution in [0.2, 0.25) is 5.02 Å². The van der Waals surface area contributed by atoms with E-state index in [2.05, 4.69) is 4.57 Å². The maximum atomic E-state index is 12.7. The molecule has 1 saturated heterocycles. The Morgan fingerprint density at radius 3 is 2.83 bits per heavy atom. The Morgan fingerprint density at radius 2 is 2.07 bits per heavy atom. The van der Waals surface area contributed by atoms with Crippen molar-refractivity contribution in [3.05, 3.63) is 58.1 Å². The Balaban J connectivity index is 1.43. The van der Waals surface area contributed by atoms with Crippen LogP contribution in [0.3, 0.4) is 0 Å². The highest BCUT2D eigenvalue weighted by Crippen LogP contribution is 2.24. The van der Waals surface area contributed by atoms with E-state index < -0.39 is 5.97 Å². The fraction of sp³-hybridized carbons (Fsp3) is 0.364. The second-order valence-corrected chi connectivity index (χ2v) is 7.76. The monoisotopic (exact) mass is 415 g/mol. The number of hydrogen-bond acceptors (Lipinski definition) is 5. The largest absolute Gasteiger partial charge is 0.451 e. The van der Waals surface area contributed by atoms with Crippen molar-refractivity contribution in [1.82, 2.24) is 4.57 Å². The number of Topliss-reactive ketones (excluding diaryl/α,β-unsaturated/α-hetero) is 1. The zero-order valence-electron chi connectivity index (χ0n) is 16.4. The number of furan rings is 1. The van der Waals surface area contributed by atoms with Crippen molar-refractivity contribution in [2.24, 2.45) is 0 Å². The van der Waals surface area contributed by atoms with Crippen molar-refractivity contribution in [1.29, 1.82) is 0 Å². The Kier molecular flexibility index (Phi) is 5.48. The van der Waals surface area contributed by atoms with Gasteiger partial charge in [0.1, 0.15) is 5.58 Å². The molecule has 0 amide bonds. The van der Waals surface area contributed by atoms with E-state index in [9.17, 15) is 9.59 Å². The summed E-state index contributed by atoms with van der Waals surface area (Å²) in [5.74, 6) is -0.887. The van der Waals surface area contributed by atoms with E-state index in [1.54, 1.807) is 24.3 Å². The number of esters is 1. The molecule has 29 heavy (non-hydrogen) atoms. The topological polar surface area (TPSA) is 70.7 Å². The minimum atomic E-state index is -0.682.